The van der Waals surface area contributed by atoms with E-state index in [0.29, 0.717) is 11.1 Å². The number of hydrogen-bond acceptors (Lipinski definition) is 4. The van der Waals surface area contributed by atoms with E-state index in [9.17, 15) is 17.6 Å². The van der Waals surface area contributed by atoms with Crippen LogP contribution in [-0.4, -0.2) is 21.3 Å². The Labute approximate surface area is 156 Å². The molecule has 0 aliphatic heterocycles. The van der Waals surface area contributed by atoms with Crippen LogP contribution in [0.3, 0.4) is 0 Å². The van der Waals surface area contributed by atoms with E-state index in [0.717, 1.165) is 29.1 Å². The molecule has 0 saturated carbocycles. The molecule has 140 valence electrons. The normalized spacial score (nSPS) is 11.6. The van der Waals surface area contributed by atoms with Crippen LogP contribution in [0, 0.1) is 5.82 Å². The lowest BCUT2D eigenvalue weighted by Gasteiger charge is -2.13. The molecule has 8 heteroatoms. The molecule has 4 nitrogen and oxygen atoms in total. The predicted octanol–water partition coefficient (Wildman–Crippen LogP) is 5.40. The van der Waals surface area contributed by atoms with E-state index in [-0.39, 0.29) is 11.3 Å². The van der Waals surface area contributed by atoms with Crippen molar-refractivity contribution in [1.29, 1.82) is 0 Å². The number of benzene rings is 2. The third kappa shape index (κ3) is 3.62. The van der Waals surface area contributed by atoms with Crippen LogP contribution in [0.25, 0.3) is 33.3 Å². The van der Waals surface area contributed by atoms with Gasteiger partial charge in [0, 0.05) is 28.9 Å². The summed E-state index contributed by atoms with van der Waals surface area (Å²) in [6.07, 6.45) is -0.362. The summed E-state index contributed by atoms with van der Waals surface area (Å²) in [6.45, 7) is 0. The Morgan fingerprint density at radius 2 is 1.75 bits per heavy atom. The van der Waals surface area contributed by atoms with Gasteiger partial charge < -0.3 is 4.74 Å². The van der Waals surface area contributed by atoms with Gasteiger partial charge in [-0.1, -0.05) is 12.1 Å². The maximum Gasteiger partial charge on any atom is 0.573 e. The molecule has 2 heterocycles. The number of hydrogen-bond donors (Lipinski definition) is 0. The first-order valence-electron chi connectivity index (χ1n) is 8.11. The summed E-state index contributed by atoms with van der Waals surface area (Å²) < 4.78 is 55.9. The monoisotopic (exact) mass is 385 g/mol. The minimum atomic E-state index is -4.87. The van der Waals surface area contributed by atoms with Crippen molar-refractivity contribution in [2.24, 2.45) is 0 Å². The zero-order valence-electron chi connectivity index (χ0n) is 14.1. The smallest absolute Gasteiger partial charge is 0.406 e. The topological polar surface area (TPSA) is 47.9 Å². The van der Waals surface area contributed by atoms with Crippen LogP contribution < -0.4 is 4.74 Å². The van der Waals surface area contributed by atoms with Crippen LogP contribution in [0.2, 0.25) is 0 Å². The Hall–Kier alpha value is -3.55. The van der Waals surface area contributed by atoms with Gasteiger partial charge in [-0.15, -0.1) is 13.2 Å². The predicted molar refractivity (Wildman–Crippen MR) is 94.8 cm³/mol. The van der Waals surface area contributed by atoms with Crippen LogP contribution >= 0.6 is 0 Å². The van der Waals surface area contributed by atoms with Crippen molar-refractivity contribution in [2.75, 3.05) is 0 Å². The molecule has 0 amide bonds. The van der Waals surface area contributed by atoms with Gasteiger partial charge in [0.1, 0.15) is 17.9 Å². The Morgan fingerprint density at radius 3 is 2.57 bits per heavy atom. The Bertz CT molecular complexity index is 1160. The molecule has 4 rings (SSSR count). The molecule has 0 fully saturated rings. The summed E-state index contributed by atoms with van der Waals surface area (Å²) >= 11 is 0. The minimum absolute atomic E-state index is 0.0956. The molecule has 0 bridgehead atoms. The summed E-state index contributed by atoms with van der Waals surface area (Å²) in [6, 6.07) is 11.6. The summed E-state index contributed by atoms with van der Waals surface area (Å²) in [5.41, 5.74) is 2.09. The van der Waals surface area contributed by atoms with Crippen molar-refractivity contribution < 1.29 is 22.3 Å². The number of halogens is 4. The van der Waals surface area contributed by atoms with Crippen LogP contribution in [0.1, 0.15) is 0 Å². The highest BCUT2D eigenvalue weighted by Crippen LogP contribution is 2.35. The van der Waals surface area contributed by atoms with Gasteiger partial charge in [-0.05, 0) is 42.0 Å². The molecule has 0 spiro atoms. The molecule has 2 aromatic carbocycles. The number of ether oxygens (including phenoxy) is 1. The standard InChI is InChI=1S/C20H11F4N3O/c21-17-5-4-14(28-20(22,23)24)9-16(17)19-15(2-1-7-26-19)12-3-6-18-13(8-12)10-25-11-27-18/h1-11H. The third-order valence-electron chi connectivity index (χ3n) is 4.05. The SMILES string of the molecule is Fc1ccc(OC(F)(F)F)cc1-c1ncccc1-c1ccc2ncncc2c1. The zero-order valence-corrected chi connectivity index (χ0v) is 14.1. The zero-order chi connectivity index (χ0) is 19.7. The second-order valence-corrected chi connectivity index (χ2v) is 5.89. The average Bonchev–Trinajstić information content (AvgIpc) is 2.68. The lowest BCUT2D eigenvalue weighted by Crippen LogP contribution is -2.17. The molecule has 0 atom stereocenters. The number of aromatic nitrogens is 3. The van der Waals surface area contributed by atoms with E-state index in [1.165, 1.54) is 12.5 Å². The average molecular weight is 385 g/mol. The fourth-order valence-corrected chi connectivity index (χ4v) is 2.89. The molecule has 0 radical (unpaired) electrons. The Balaban J connectivity index is 1.85. The molecule has 0 N–H and O–H groups in total. The highest BCUT2D eigenvalue weighted by molar-refractivity contribution is 5.88. The van der Waals surface area contributed by atoms with E-state index < -0.39 is 17.9 Å². The van der Waals surface area contributed by atoms with Crippen LogP contribution in [0.15, 0.2) is 67.3 Å². The highest BCUT2D eigenvalue weighted by atomic mass is 19.4. The van der Waals surface area contributed by atoms with E-state index in [1.807, 2.05) is 6.07 Å². The van der Waals surface area contributed by atoms with Crippen LogP contribution in [-0.2, 0) is 0 Å². The minimum Gasteiger partial charge on any atom is -0.406 e. The van der Waals surface area contributed by atoms with E-state index in [2.05, 4.69) is 19.7 Å². The molecule has 0 unspecified atom stereocenters. The van der Waals surface area contributed by atoms with E-state index in [4.69, 9.17) is 0 Å². The molecule has 28 heavy (non-hydrogen) atoms. The first kappa shape index (κ1) is 17.8. The van der Waals surface area contributed by atoms with Gasteiger partial charge in [0.25, 0.3) is 0 Å². The molecular formula is C20H11F4N3O. The van der Waals surface area contributed by atoms with Gasteiger partial charge in [-0.2, -0.15) is 0 Å². The maximum absolute atomic E-state index is 14.4. The Morgan fingerprint density at radius 1 is 0.893 bits per heavy atom. The van der Waals surface area contributed by atoms with Gasteiger partial charge in [-0.3, -0.25) is 4.98 Å². The van der Waals surface area contributed by atoms with Crippen molar-refractivity contribution in [3.05, 3.63) is 73.1 Å². The second-order valence-electron chi connectivity index (χ2n) is 5.89. The van der Waals surface area contributed by atoms with Gasteiger partial charge in [0.05, 0.1) is 11.2 Å². The number of pyridine rings is 1. The van der Waals surface area contributed by atoms with E-state index in [1.54, 1.807) is 30.5 Å². The first-order chi connectivity index (χ1) is 13.4. The van der Waals surface area contributed by atoms with E-state index >= 15 is 0 Å². The number of alkyl halides is 3. The molecule has 0 saturated heterocycles. The first-order valence-corrected chi connectivity index (χ1v) is 8.11. The maximum atomic E-state index is 14.4. The fraction of sp³-hybridized carbons (Fsp3) is 0.0500. The summed E-state index contributed by atoms with van der Waals surface area (Å²) in [5, 5.41) is 0.768. The second kappa shape index (κ2) is 6.88. The van der Waals surface area contributed by atoms with Crippen LogP contribution in [0.4, 0.5) is 17.6 Å². The number of fused-ring (bicyclic) bond motifs is 1. The summed E-state index contributed by atoms with van der Waals surface area (Å²) in [5.74, 6) is -1.23. The molecule has 0 aliphatic rings. The largest absolute Gasteiger partial charge is 0.573 e. The van der Waals surface area contributed by atoms with Crippen LogP contribution in [0.5, 0.6) is 5.75 Å². The molecule has 4 aromatic rings. The van der Waals surface area contributed by atoms with Crippen molar-refractivity contribution in [3.8, 4) is 28.1 Å². The lowest BCUT2D eigenvalue weighted by atomic mass is 9.98. The van der Waals surface area contributed by atoms with Gasteiger partial charge >= 0.3 is 6.36 Å². The molecule has 2 aromatic heterocycles. The summed E-state index contributed by atoms with van der Waals surface area (Å²) in [7, 11) is 0. The lowest BCUT2D eigenvalue weighted by molar-refractivity contribution is -0.274. The summed E-state index contributed by atoms with van der Waals surface area (Å²) in [4.78, 5) is 12.3. The fourth-order valence-electron chi connectivity index (χ4n) is 2.89. The third-order valence-corrected chi connectivity index (χ3v) is 4.05. The van der Waals surface area contributed by atoms with Gasteiger partial charge in [-0.25, -0.2) is 14.4 Å². The number of nitrogens with zero attached hydrogens (tertiary/aromatic N) is 3. The molecular weight excluding hydrogens is 374 g/mol. The van der Waals surface area contributed by atoms with Gasteiger partial charge in [0.2, 0.25) is 0 Å². The van der Waals surface area contributed by atoms with Crippen molar-refractivity contribution in [2.45, 2.75) is 6.36 Å². The van der Waals surface area contributed by atoms with Gasteiger partial charge in [0.15, 0.2) is 0 Å². The number of rotatable bonds is 3. The van der Waals surface area contributed by atoms with Crippen molar-refractivity contribution in [3.63, 3.8) is 0 Å². The van der Waals surface area contributed by atoms with Crippen molar-refractivity contribution >= 4 is 10.9 Å². The quantitative estimate of drug-likeness (QED) is 0.443. The van der Waals surface area contributed by atoms with Crippen molar-refractivity contribution in [1.82, 2.24) is 15.0 Å². The Kier molecular flexibility index (Phi) is 4.38. The highest BCUT2D eigenvalue weighted by Gasteiger charge is 2.31. The molecule has 0 aliphatic carbocycles.